The number of benzene rings is 1. The molecule has 3 heterocycles. The lowest BCUT2D eigenvalue weighted by Crippen LogP contribution is -2.34. The van der Waals surface area contributed by atoms with Gasteiger partial charge >= 0.3 is 6.09 Å². The van der Waals surface area contributed by atoms with E-state index >= 15 is 8.78 Å². The molecule has 0 bridgehead atoms. The molecule has 12 nitrogen and oxygen atoms in total. The molecule has 0 aliphatic carbocycles. The van der Waals surface area contributed by atoms with Crippen molar-refractivity contribution in [3.63, 3.8) is 0 Å². The molecule has 45 heavy (non-hydrogen) atoms. The first-order valence-corrected chi connectivity index (χ1v) is 13.4. The van der Waals surface area contributed by atoms with Gasteiger partial charge in [-0.3, -0.25) is 19.5 Å². The number of ether oxygens (including phenoxy) is 3. The highest BCUT2D eigenvalue weighted by Gasteiger charge is 2.34. The molecule has 0 fully saturated rings. The van der Waals surface area contributed by atoms with Crippen molar-refractivity contribution in [3.05, 3.63) is 71.9 Å². The van der Waals surface area contributed by atoms with Crippen molar-refractivity contribution in [2.24, 2.45) is 0 Å². The third-order valence-corrected chi connectivity index (χ3v) is 6.39. The summed E-state index contributed by atoms with van der Waals surface area (Å²) in [4.78, 5) is 48.5. The van der Waals surface area contributed by atoms with E-state index in [-0.39, 0.29) is 22.5 Å². The van der Waals surface area contributed by atoms with Crippen LogP contribution in [0.1, 0.15) is 42.5 Å². The minimum absolute atomic E-state index is 0.0108. The smallest absolute Gasteiger partial charge is 0.414 e. The molecular formula is C31H31F2N5O7. The summed E-state index contributed by atoms with van der Waals surface area (Å²) in [5, 5.41) is 5.93. The fourth-order valence-corrected chi connectivity index (χ4v) is 4.30. The number of amides is 2. The first-order chi connectivity index (χ1) is 21.2. The number of furan rings is 1. The highest BCUT2D eigenvalue weighted by molar-refractivity contribution is 6.18. The van der Waals surface area contributed by atoms with Gasteiger partial charge in [0.15, 0.2) is 34.5 Å². The number of nitrogens with zero attached hydrogens (tertiary/aromatic N) is 3. The van der Waals surface area contributed by atoms with Gasteiger partial charge in [-0.2, -0.15) is 0 Å². The van der Waals surface area contributed by atoms with Gasteiger partial charge in [-0.1, -0.05) is 6.58 Å². The molecular weight excluding hydrogens is 592 g/mol. The molecule has 236 valence electrons. The van der Waals surface area contributed by atoms with Gasteiger partial charge in [-0.05, 0) is 45.4 Å². The van der Waals surface area contributed by atoms with Crippen LogP contribution in [0.25, 0.3) is 11.0 Å². The largest absolute Gasteiger partial charge is 0.494 e. The predicted octanol–water partition coefficient (Wildman–Crippen LogP) is 6.30. The molecule has 0 aliphatic rings. The van der Waals surface area contributed by atoms with E-state index in [0.29, 0.717) is 16.9 Å². The molecule has 14 heteroatoms. The van der Waals surface area contributed by atoms with Crippen LogP contribution in [0.5, 0.6) is 11.5 Å². The number of methoxy groups -OCH3 is 2. The summed E-state index contributed by atoms with van der Waals surface area (Å²) < 4.78 is 52.1. The van der Waals surface area contributed by atoms with Crippen LogP contribution in [0, 0.1) is 18.6 Å². The zero-order valence-corrected chi connectivity index (χ0v) is 25.6. The molecule has 0 saturated heterocycles. The van der Waals surface area contributed by atoms with E-state index < -0.39 is 57.8 Å². The topological polar surface area (TPSA) is 145 Å². The molecule has 2 N–H and O–H groups in total. The Kier molecular flexibility index (Phi) is 9.07. The average molecular weight is 624 g/mol. The van der Waals surface area contributed by atoms with Gasteiger partial charge in [0.25, 0.3) is 0 Å². The fourth-order valence-electron chi connectivity index (χ4n) is 4.30. The summed E-state index contributed by atoms with van der Waals surface area (Å²) in [7, 11) is 3.61. The van der Waals surface area contributed by atoms with Gasteiger partial charge in [0, 0.05) is 19.3 Å². The van der Waals surface area contributed by atoms with E-state index in [1.165, 1.54) is 25.5 Å². The molecule has 0 saturated carbocycles. The first kappa shape index (κ1) is 32.4. The van der Waals surface area contributed by atoms with E-state index in [2.05, 4.69) is 27.2 Å². The molecule has 0 aliphatic heterocycles. The Balaban J connectivity index is 1.92. The van der Waals surface area contributed by atoms with Crippen molar-refractivity contribution >= 4 is 51.6 Å². The Morgan fingerprint density at radius 2 is 1.69 bits per heavy atom. The van der Waals surface area contributed by atoms with Crippen molar-refractivity contribution in [2.75, 3.05) is 36.8 Å². The van der Waals surface area contributed by atoms with Gasteiger partial charge in [0.2, 0.25) is 11.7 Å². The van der Waals surface area contributed by atoms with Crippen LogP contribution in [-0.4, -0.2) is 54.6 Å². The Morgan fingerprint density at radius 3 is 2.27 bits per heavy atom. The number of fused-ring (bicyclic) bond motifs is 1. The number of anilines is 4. The number of rotatable bonds is 9. The summed E-state index contributed by atoms with van der Waals surface area (Å²) in [6.45, 7) is 10.2. The second-order valence-electron chi connectivity index (χ2n) is 10.7. The molecule has 0 radical (unpaired) electrons. The van der Waals surface area contributed by atoms with Crippen molar-refractivity contribution in [2.45, 2.75) is 33.3 Å². The van der Waals surface area contributed by atoms with Crippen molar-refractivity contribution < 1.29 is 41.8 Å². The number of aryl methyl sites for hydroxylation is 1. The summed E-state index contributed by atoms with van der Waals surface area (Å²) in [5.41, 5.74) is -0.669. The number of nitrogens with one attached hydrogen (secondary N) is 2. The van der Waals surface area contributed by atoms with Crippen LogP contribution in [0.3, 0.4) is 0 Å². The van der Waals surface area contributed by atoms with Crippen LogP contribution in [0.15, 0.2) is 47.8 Å². The highest BCUT2D eigenvalue weighted by Crippen LogP contribution is 2.40. The highest BCUT2D eigenvalue weighted by atomic mass is 19.1. The van der Waals surface area contributed by atoms with Crippen LogP contribution in [0.4, 0.5) is 36.5 Å². The lowest BCUT2D eigenvalue weighted by atomic mass is 10.0. The fraction of sp³-hybridized carbons (Fsp3) is 0.258. The molecule has 0 spiro atoms. The molecule has 4 aromatic rings. The minimum atomic E-state index is -1.30. The third kappa shape index (κ3) is 6.54. The van der Waals surface area contributed by atoms with Gasteiger partial charge in [-0.15, -0.1) is 0 Å². The monoisotopic (exact) mass is 623 g/mol. The number of carbonyl (C=O) groups is 3. The normalized spacial score (nSPS) is 11.1. The second kappa shape index (κ2) is 12.6. The Morgan fingerprint density at radius 1 is 1.04 bits per heavy atom. The Labute approximate surface area is 257 Å². The lowest BCUT2D eigenvalue weighted by Gasteiger charge is -2.24. The SMILES string of the molecule is C=CC(=O)Nc1cncc(C)c1Nc1cc2c(N(C)C(=O)OC(C)(C)C)c(C(=O)c3c(F)c(OC)cc(OC)c3F)oc2cn1. The summed E-state index contributed by atoms with van der Waals surface area (Å²) >= 11 is 0. The number of hydrogen-bond acceptors (Lipinski definition) is 10. The summed E-state index contributed by atoms with van der Waals surface area (Å²) in [5.74, 6) is -5.58. The zero-order chi connectivity index (χ0) is 33.2. The van der Waals surface area contributed by atoms with Crippen molar-refractivity contribution in [1.29, 1.82) is 0 Å². The van der Waals surface area contributed by atoms with Crippen LogP contribution in [-0.2, 0) is 9.53 Å². The Hall–Kier alpha value is -5.53. The molecule has 2 amide bonds. The standard InChI is InChI=1S/C31H31F2N5O7/c1-9-22(39)36-17-13-34-12-15(2)26(17)37-21-10-16-20(14-35-21)44-29(27(16)38(6)30(41)45-31(3,4)5)28(40)23-24(32)18(42-7)11-19(43-8)25(23)33/h9-14H,1H2,2-8H3,(H,36,39)(H,34,35,37). The van der Waals surface area contributed by atoms with Crippen LogP contribution in [0.2, 0.25) is 0 Å². The van der Waals surface area contributed by atoms with Crippen LogP contribution < -0.4 is 25.0 Å². The number of hydrogen-bond donors (Lipinski definition) is 2. The summed E-state index contributed by atoms with van der Waals surface area (Å²) in [6.07, 6.45) is 4.47. The molecule has 3 aromatic heterocycles. The number of aromatic nitrogens is 2. The number of ketones is 1. The van der Waals surface area contributed by atoms with E-state index in [0.717, 1.165) is 31.3 Å². The lowest BCUT2D eigenvalue weighted by molar-refractivity contribution is -0.111. The van der Waals surface area contributed by atoms with Gasteiger partial charge in [0.1, 0.15) is 22.7 Å². The van der Waals surface area contributed by atoms with Gasteiger partial charge < -0.3 is 29.3 Å². The summed E-state index contributed by atoms with van der Waals surface area (Å²) in [6, 6.07) is 2.42. The number of pyridine rings is 2. The van der Waals surface area contributed by atoms with Crippen molar-refractivity contribution in [3.8, 4) is 11.5 Å². The molecule has 1 aromatic carbocycles. The van der Waals surface area contributed by atoms with E-state index in [1.807, 2.05) is 0 Å². The predicted molar refractivity (Wildman–Crippen MR) is 163 cm³/mol. The third-order valence-electron chi connectivity index (χ3n) is 6.39. The minimum Gasteiger partial charge on any atom is -0.494 e. The first-order valence-electron chi connectivity index (χ1n) is 13.4. The van der Waals surface area contributed by atoms with Crippen molar-refractivity contribution in [1.82, 2.24) is 9.97 Å². The second-order valence-corrected chi connectivity index (χ2v) is 10.7. The number of halogens is 2. The average Bonchev–Trinajstić information content (AvgIpc) is 3.36. The zero-order valence-electron chi connectivity index (χ0n) is 25.6. The molecule has 0 unspecified atom stereocenters. The maximum Gasteiger partial charge on any atom is 0.414 e. The van der Waals surface area contributed by atoms with Gasteiger partial charge in [0.05, 0.1) is 43.4 Å². The Bertz CT molecular complexity index is 1800. The maximum atomic E-state index is 15.4. The quantitative estimate of drug-likeness (QED) is 0.161. The maximum absolute atomic E-state index is 15.4. The molecule has 4 rings (SSSR count). The number of carbonyl (C=O) groups excluding carboxylic acids is 3. The van der Waals surface area contributed by atoms with Gasteiger partial charge in [-0.25, -0.2) is 18.6 Å². The van der Waals surface area contributed by atoms with Crippen LogP contribution >= 0.6 is 0 Å². The van der Waals surface area contributed by atoms with E-state index in [1.54, 1.807) is 33.9 Å². The van der Waals surface area contributed by atoms with E-state index in [9.17, 15) is 14.4 Å². The molecule has 0 atom stereocenters. The van der Waals surface area contributed by atoms with E-state index in [4.69, 9.17) is 18.6 Å².